The minimum absolute atomic E-state index is 0.200. The molecule has 0 heterocycles. The van der Waals surface area contributed by atoms with E-state index in [9.17, 15) is 4.79 Å². The van der Waals surface area contributed by atoms with Gasteiger partial charge in [0.2, 0.25) is 0 Å². The highest BCUT2D eigenvalue weighted by molar-refractivity contribution is 6.31. The van der Waals surface area contributed by atoms with Gasteiger partial charge in [-0.25, -0.2) is 4.79 Å². The average Bonchev–Trinajstić information content (AvgIpc) is 2.83. The van der Waals surface area contributed by atoms with Crippen LogP contribution in [0.3, 0.4) is 0 Å². The summed E-state index contributed by atoms with van der Waals surface area (Å²) in [4.78, 5) is 12.2. The summed E-state index contributed by atoms with van der Waals surface area (Å²) in [5.41, 5.74) is 1.38. The molecule has 0 unspecified atom stereocenters. The third-order valence-corrected chi connectivity index (χ3v) is 4.29. The van der Waals surface area contributed by atoms with Crippen LogP contribution in [0.4, 0.5) is 10.5 Å². The summed E-state index contributed by atoms with van der Waals surface area (Å²) in [5, 5.41) is 6.59. The van der Waals surface area contributed by atoms with Crippen LogP contribution in [0, 0.1) is 6.92 Å². The number of anilines is 1. The maximum atomic E-state index is 12.2. The predicted octanol–water partition coefficient (Wildman–Crippen LogP) is 3.73. The van der Waals surface area contributed by atoms with E-state index in [-0.39, 0.29) is 11.6 Å². The van der Waals surface area contributed by atoms with Crippen molar-refractivity contribution in [2.75, 3.05) is 19.0 Å². The maximum absolute atomic E-state index is 12.2. The molecule has 1 saturated carbocycles. The van der Waals surface area contributed by atoms with Gasteiger partial charge in [0.05, 0.1) is 12.1 Å². The molecule has 110 valence electrons. The minimum Gasteiger partial charge on any atom is -0.382 e. The van der Waals surface area contributed by atoms with Crippen molar-refractivity contribution in [3.05, 3.63) is 28.8 Å². The molecule has 4 nitrogen and oxygen atoms in total. The molecule has 1 fully saturated rings. The third-order valence-electron chi connectivity index (χ3n) is 3.88. The number of methoxy groups -OCH3 is 1. The standard InChI is InChI=1S/C15H21ClN2O2/c1-11-12(16)6-5-7-13(11)17-14(19)18-15(10-20-2)8-3-4-9-15/h5-7H,3-4,8-10H2,1-2H3,(H2,17,18,19). The Balaban J connectivity index is 2.03. The Morgan fingerprint density at radius 2 is 2.10 bits per heavy atom. The zero-order chi connectivity index (χ0) is 14.6. The van der Waals surface area contributed by atoms with Gasteiger partial charge >= 0.3 is 6.03 Å². The number of halogens is 1. The molecule has 0 aliphatic heterocycles. The van der Waals surface area contributed by atoms with Gasteiger partial charge in [0, 0.05) is 17.8 Å². The van der Waals surface area contributed by atoms with Crippen LogP contribution < -0.4 is 10.6 Å². The van der Waals surface area contributed by atoms with Crippen LogP contribution in [0.15, 0.2) is 18.2 Å². The summed E-state index contributed by atoms with van der Waals surface area (Å²) in [7, 11) is 1.67. The second-order valence-corrected chi connectivity index (χ2v) is 5.82. The van der Waals surface area contributed by atoms with Gasteiger partial charge in [0.15, 0.2) is 0 Å². The summed E-state index contributed by atoms with van der Waals surface area (Å²) >= 11 is 6.05. The lowest BCUT2D eigenvalue weighted by molar-refractivity contribution is 0.117. The molecular weight excluding hydrogens is 276 g/mol. The Kier molecular flexibility index (Phi) is 4.89. The highest BCUT2D eigenvalue weighted by Gasteiger charge is 2.35. The largest absolute Gasteiger partial charge is 0.382 e. The molecule has 0 radical (unpaired) electrons. The number of carbonyl (C=O) groups excluding carboxylic acids is 1. The summed E-state index contributed by atoms with van der Waals surface area (Å²) in [6, 6.07) is 5.28. The fourth-order valence-corrected chi connectivity index (χ4v) is 2.95. The Bertz CT molecular complexity index is 485. The number of amides is 2. The Hall–Kier alpha value is -1.26. The smallest absolute Gasteiger partial charge is 0.319 e. The molecule has 20 heavy (non-hydrogen) atoms. The highest BCUT2D eigenvalue weighted by atomic mass is 35.5. The van der Waals surface area contributed by atoms with Crippen molar-refractivity contribution in [2.45, 2.75) is 38.1 Å². The van der Waals surface area contributed by atoms with E-state index in [1.165, 1.54) is 0 Å². The fourth-order valence-electron chi connectivity index (χ4n) is 2.77. The van der Waals surface area contributed by atoms with Crippen molar-refractivity contribution in [3.63, 3.8) is 0 Å². The first-order chi connectivity index (χ1) is 9.56. The van der Waals surface area contributed by atoms with Crippen molar-refractivity contribution in [1.29, 1.82) is 0 Å². The number of ether oxygens (including phenoxy) is 1. The quantitative estimate of drug-likeness (QED) is 0.889. The lowest BCUT2D eigenvalue weighted by Crippen LogP contribution is -2.51. The van der Waals surface area contributed by atoms with E-state index in [0.717, 1.165) is 36.9 Å². The third kappa shape index (κ3) is 3.44. The molecule has 1 aromatic carbocycles. The van der Waals surface area contributed by atoms with Gasteiger partial charge in [-0.15, -0.1) is 0 Å². The lowest BCUT2D eigenvalue weighted by Gasteiger charge is -2.29. The molecule has 0 aromatic heterocycles. The number of hydrogen-bond acceptors (Lipinski definition) is 2. The molecule has 1 aromatic rings. The molecule has 0 atom stereocenters. The van der Waals surface area contributed by atoms with Crippen molar-refractivity contribution in [2.24, 2.45) is 0 Å². The first-order valence-electron chi connectivity index (χ1n) is 6.89. The van der Waals surface area contributed by atoms with Crippen molar-refractivity contribution < 1.29 is 9.53 Å². The summed E-state index contributed by atoms with van der Waals surface area (Å²) in [5.74, 6) is 0. The molecule has 5 heteroatoms. The number of nitrogens with one attached hydrogen (secondary N) is 2. The topological polar surface area (TPSA) is 50.4 Å². The van der Waals surface area contributed by atoms with E-state index in [1.54, 1.807) is 7.11 Å². The zero-order valence-electron chi connectivity index (χ0n) is 12.0. The molecular formula is C15H21ClN2O2. The van der Waals surface area contributed by atoms with Crippen LogP contribution in [-0.4, -0.2) is 25.3 Å². The van der Waals surface area contributed by atoms with E-state index in [2.05, 4.69) is 10.6 Å². The summed E-state index contributed by atoms with van der Waals surface area (Å²) < 4.78 is 5.26. The Morgan fingerprint density at radius 3 is 2.75 bits per heavy atom. The van der Waals surface area contributed by atoms with E-state index in [4.69, 9.17) is 16.3 Å². The van der Waals surface area contributed by atoms with Gasteiger partial charge in [-0.3, -0.25) is 0 Å². The van der Waals surface area contributed by atoms with Crippen LogP contribution in [0.1, 0.15) is 31.2 Å². The molecule has 0 bridgehead atoms. The monoisotopic (exact) mass is 296 g/mol. The maximum Gasteiger partial charge on any atom is 0.319 e. The minimum atomic E-state index is -0.231. The van der Waals surface area contributed by atoms with Crippen LogP contribution >= 0.6 is 11.6 Å². The second-order valence-electron chi connectivity index (χ2n) is 5.41. The fraction of sp³-hybridized carbons (Fsp3) is 0.533. The van der Waals surface area contributed by atoms with Gasteiger partial charge in [-0.2, -0.15) is 0 Å². The van der Waals surface area contributed by atoms with Crippen LogP contribution in [0.2, 0.25) is 5.02 Å². The van der Waals surface area contributed by atoms with Crippen LogP contribution in [0.25, 0.3) is 0 Å². The van der Waals surface area contributed by atoms with Crippen molar-refractivity contribution in [1.82, 2.24) is 5.32 Å². The first kappa shape index (κ1) is 15.1. The van der Waals surface area contributed by atoms with Crippen molar-refractivity contribution >= 4 is 23.3 Å². The van der Waals surface area contributed by atoms with Crippen LogP contribution in [-0.2, 0) is 4.74 Å². The predicted molar refractivity (Wildman–Crippen MR) is 81.4 cm³/mol. The summed E-state index contributed by atoms with van der Waals surface area (Å²) in [6.45, 7) is 2.44. The van der Waals surface area contributed by atoms with Gasteiger partial charge in [-0.05, 0) is 37.5 Å². The van der Waals surface area contributed by atoms with Crippen LogP contribution in [0.5, 0.6) is 0 Å². The molecule has 0 spiro atoms. The summed E-state index contributed by atoms with van der Waals surface area (Å²) in [6.07, 6.45) is 4.17. The highest BCUT2D eigenvalue weighted by Crippen LogP contribution is 2.30. The molecule has 1 aliphatic carbocycles. The molecule has 0 saturated heterocycles. The molecule has 2 amide bonds. The van der Waals surface area contributed by atoms with Gasteiger partial charge < -0.3 is 15.4 Å². The van der Waals surface area contributed by atoms with Gasteiger partial charge in [0.1, 0.15) is 0 Å². The zero-order valence-corrected chi connectivity index (χ0v) is 12.7. The number of benzene rings is 1. The number of rotatable bonds is 4. The van der Waals surface area contributed by atoms with Crippen molar-refractivity contribution in [3.8, 4) is 0 Å². The molecule has 2 N–H and O–H groups in total. The van der Waals surface area contributed by atoms with E-state index in [1.807, 2.05) is 25.1 Å². The Morgan fingerprint density at radius 1 is 1.40 bits per heavy atom. The van der Waals surface area contributed by atoms with Gasteiger partial charge in [0.25, 0.3) is 0 Å². The Labute approximate surface area is 124 Å². The van der Waals surface area contributed by atoms with Gasteiger partial charge in [-0.1, -0.05) is 30.5 Å². The van der Waals surface area contributed by atoms with E-state index >= 15 is 0 Å². The average molecular weight is 297 g/mol. The normalized spacial score (nSPS) is 16.9. The molecule has 1 aliphatic rings. The first-order valence-corrected chi connectivity index (χ1v) is 7.27. The SMILES string of the molecule is COCC1(NC(=O)Nc2cccc(Cl)c2C)CCCC1. The second kappa shape index (κ2) is 6.46. The molecule has 2 rings (SSSR count). The van der Waals surface area contributed by atoms with E-state index < -0.39 is 0 Å². The number of urea groups is 1. The lowest BCUT2D eigenvalue weighted by atomic mass is 9.99. The number of hydrogen-bond donors (Lipinski definition) is 2. The number of carbonyl (C=O) groups is 1. The van der Waals surface area contributed by atoms with E-state index in [0.29, 0.717) is 11.6 Å².